The van der Waals surface area contributed by atoms with Gasteiger partial charge in [0.25, 0.3) is 0 Å². The molecule has 0 aliphatic rings. The van der Waals surface area contributed by atoms with Crippen molar-refractivity contribution in [2.24, 2.45) is 0 Å². The molecule has 0 fully saturated rings. The summed E-state index contributed by atoms with van der Waals surface area (Å²) in [7, 11) is 0. The number of anilines is 1. The third kappa shape index (κ3) is 2.55. The lowest BCUT2D eigenvalue weighted by Gasteiger charge is -2.18. The van der Waals surface area contributed by atoms with Crippen molar-refractivity contribution in [3.05, 3.63) is 24.3 Å². The number of fused-ring (bicyclic) bond motifs is 1. The highest BCUT2D eigenvalue weighted by molar-refractivity contribution is 5.77. The molecule has 90 valence electrons. The number of aromatic nitrogens is 2. The second-order valence-electron chi connectivity index (χ2n) is 3.80. The molecule has 0 spiro atoms. The smallest absolute Gasteiger partial charge is 0.305 e. The molecule has 1 aromatic carbocycles. The minimum atomic E-state index is -0.792. The van der Waals surface area contributed by atoms with Crippen LogP contribution in [0, 0.1) is 0 Å². The minimum Gasteiger partial charge on any atom is -0.481 e. The number of hydrogen-bond acceptors (Lipinski definition) is 3. The molecule has 0 amide bonds. The van der Waals surface area contributed by atoms with Gasteiger partial charge in [0.1, 0.15) is 0 Å². The highest BCUT2D eigenvalue weighted by Gasteiger charge is 2.10. The molecule has 0 saturated heterocycles. The van der Waals surface area contributed by atoms with Gasteiger partial charge in [0, 0.05) is 13.1 Å². The van der Waals surface area contributed by atoms with Crippen molar-refractivity contribution in [2.75, 3.05) is 18.0 Å². The van der Waals surface area contributed by atoms with Crippen molar-refractivity contribution in [1.29, 1.82) is 0 Å². The molecular weight excluding hydrogens is 218 g/mol. The summed E-state index contributed by atoms with van der Waals surface area (Å²) in [6, 6.07) is 7.76. The number of carbonyl (C=O) groups is 1. The van der Waals surface area contributed by atoms with E-state index in [1.165, 1.54) is 0 Å². The molecule has 0 atom stereocenters. The zero-order valence-corrected chi connectivity index (χ0v) is 9.68. The quantitative estimate of drug-likeness (QED) is 0.827. The fraction of sp³-hybridized carbons (Fsp3) is 0.333. The van der Waals surface area contributed by atoms with Gasteiger partial charge in [0.2, 0.25) is 5.95 Å². The van der Waals surface area contributed by atoms with E-state index in [2.05, 4.69) is 9.97 Å². The van der Waals surface area contributed by atoms with Crippen LogP contribution >= 0.6 is 0 Å². The van der Waals surface area contributed by atoms with Crippen molar-refractivity contribution < 1.29 is 9.90 Å². The molecule has 0 aliphatic heterocycles. The number of carboxylic acids is 1. The Balaban J connectivity index is 2.21. The Bertz CT molecular complexity index is 488. The van der Waals surface area contributed by atoms with E-state index in [-0.39, 0.29) is 6.42 Å². The molecule has 0 saturated carbocycles. The maximum absolute atomic E-state index is 10.6. The highest BCUT2D eigenvalue weighted by Crippen LogP contribution is 2.16. The fourth-order valence-corrected chi connectivity index (χ4v) is 1.73. The fourth-order valence-electron chi connectivity index (χ4n) is 1.73. The average molecular weight is 233 g/mol. The lowest BCUT2D eigenvalue weighted by atomic mass is 10.3. The first-order chi connectivity index (χ1) is 8.20. The maximum atomic E-state index is 10.6. The first-order valence-electron chi connectivity index (χ1n) is 5.62. The summed E-state index contributed by atoms with van der Waals surface area (Å²) in [4.78, 5) is 20.1. The van der Waals surface area contributed by atoms with Crippen LogP contribution in [0.5, 0.6) is 0 Å². The maximum Gasteiger partial charge on any atom is 0.305 e. The van der Waals surface area contributed by atoms with Gasteiger partial charge < -0.3 is 15.0 Å². The molecule has 0 radical (unpaired) electrons. The number of aliphatic carboxylic acids is 1. The number of imidazole rings is 1. The molecule has 0 unspecified atom stereocenters. The largest absolute Gasteiger partial charge is 0.481 e. The lowest BCUT2D eigenvalue weighted by molar-refractivity contribution is -0.136. The van der Waals surface area contributed by atoms with Crippen LogP contribution < -0.4 is 4.90 Å². The zero-order chi connectivity index (χ0) is 12.3. The lowest BCUT2D eigenvalue weighted by Crippen LogP contribution is -2.26. The molecule has 5 heteroatoms. The van der Waals surface area contributed by atoms with Gasteiger partial charge in [-0.15, -0.1) is 0 Å². The van der Waals surface area contributed by atoms with Gasteiger partial charge in [-0.2, -0.15) is 0 Å². The van der Waals surface area contributed by atoms with Crippen LogP contribution in [0.1, 0.15) is 13.3 Å². The first-order valence-corrected chi connectivity index (χ1v) is 5.62. The molecule has 0 bridgehead atoms. The number of nitrogens with one attached hydrogen (secondary N) is 1. The van der Waals surface area contributed by atoms with Gasteiger partial charge in [0.15, 0.2) is 0 Å². The summed E-state index contributed by atoms with van der Waals surface area (Å²) in [5, 5.41) is 8.69. The molecule has 2 N–H and O–H groups in total. The van der Waals surface area contributed by atoms with E-state index in [0.29, 0.717) is 6.54 Å². The van der Waals surface area contributed by atoms with Crippen LogP contribution in [0.2, 0.25) is 0 Å². The number of hydrogen-bond donors (Lipinski definition) is 2. The van der Waals surface area contributed by atoms with E-state index in [1.54, 1.807) is 0 Å². The normalized spacial score (nSPS) is 10.6. The molecule has 1 heterocycles. The average Bonchev–Trinajstić information content (AvgIpc) is 2.72. The summed E-state index contributed by atoms with van der Waals surface area (Å²) < 4.78 is 0. The van der Waals surface area contributed by atoms with E-state index < -0.39 is 5.97 Å². The Morgan fingerprint density at radius 1 is 1.47 bits per heavy atom. The predicted molar refractivity (Wildman–Crippen MR) is 66.2 cm³/mol. The Labute approximate surface area is 99.1 Å². The highest BCUT2D eigenvalue weighted by atomic mass is 16.4. The van der Waals surface area contributed by atoms with Crippen LogP contribution in [0.15, 0.2) is 24.3 Å². The van der Waals surface area contributed by atoms with E-state index in [1.807, 2.05) is 36.1 Å². The van der Waals surface area contributed by atoms with Crippen molar-refractivity contribution in [1.82, 2.24) is 9.97 Å². The molecule has 2 aromatic rings. The van der Waals surface area contributed by atoms with Gasteiger partial charge in [0.05, 0.1) is 17.5 Å². The standard InChI is InChI=1S/C12H15N3O2/c1-2-15(8-7-11(16)17)12-13-9-5-3-4-6-10(9)14-12/h3-6H,2,7-8H2,1H3,(H,13,14)(H,16,17). The van der Waals surface area contributed by atoms with Crippen molar-refractivity contribution in [3.63, 3.8) is 0 Å². The molecule has 2 rings (SSSR count). The first kappa shape index (κ1) is 11.4. The Hall–Kier alpha value is -2.04. The Morgan fingerprint density at radius 3 is 2.88 bits per heavy atom. The van der Waals surface area contributed by atoms with Crippen LogP contribution in [0.4, 0.5) is 5.95 Å². The molecule has 5 nitrogen and oxygen atoms in total. The van der Waals surface area contributed by atoms with Crippen molar-refractivity contribution in [2.45, 2.75) is 13.3 Å². The van der Waals surface area contributed by atoms with E-state index in [9.17, 15) is 4.79 Å². The van der Waals surface area contributed by atoms with Crippen LogP contribution in [0.3, 0.4) is 0 Å². The topological polar surface area (TPSA) is 69.2 Å². The van der Waals surface area contributed by atoms with Gasteiger partial charge in [-0.25, -0.2) is 4.98 Å². The van der Waals surface area contributed by atoms with Crippen molar-refractivity contribution >= 4 is 23.0 Å². The Kier molecular flexibility index (Phi) is 3.27. The summed E-state index contributed by atoms with van der Waals surface area (Å²) in [5.74, 6) is -0.0606. The Morgan fingerprint density at radius 2 is 2.24 bits per heavy atom. The predicted octanol–water partition coefficient (Wildman–Crippen LogP) is 1.86. The molecule has 1 aromatic heterocycles. The number of H-pyrrole nitrogens is 1. The van der Waals surface area contributed by atoms with Crippen LogP contribution in [0.25, 0.3) is 11.0 Å². The van der Waals surface area contributed by atoms with Crippen molar-refractivity contribution in [3.8, 4) is 0 Å². The minimum absolute atomic E-state index is 0.116. The SMILES string of the molecule is CCN(CCC(=O)O)c1nc2ccccc2[nH]1. The van der Waals surface area contributed by atoms with Crippen LogP contribution in [-0.4, -0.2) is 34.1 Å². The van der Waals surface area contributed by atoms with Gasteiger partial charge in [-0.05, 0) is 19.1 Å². The van der Waals surface area contributed by atoms with E-state index >= 15 is 0 Å². The third-order valence-electron chi connectivity index (χ3n) is 2.65. The third-order valence-corrected chi connectivity index (χ3v) is 2.65. The summed E-state index contributed by atoms with van der Waals surface area (Å²) in [5.41, 5.74) is 1.87. The van der Waals surface area contributed by atoms with Gasteiger partial charge in [-0.3, -0.25) is 4.79 Å². The number of para-hydroxylation sites is 2. The van der Waals surface area contributed by atoms with E-state index in [4.69, 9.17) is 5.11 Å². The van der Waals surface area contributed by atoms with Crippen LogP contribution in [-0.2, 0) is 4.79 Å². The number of rotatable bonds is 5. The summed E-state index contributed by atoms with van der Waals surface area (Å²) in [6.45, 7) is 3.17. The number of benzene rings is 1. The summed E-state index contributed by atoms with van der Waals surface area (Å²) >= 11 is 0. The molecule has 17 heavy (non-hydrogen) atoms. The monoisotopic (exact) mass is 233 g/mol. The second kappa shape index (κ2) is 4.86. The van der Waals surface area contributed by atoms with E-state index in [0.717, 1.165) is 23.5 Å². The number of carboxylic acid groups (broad SMARTS) is 1. The number of nitrogens with zero attached hydrogens (tertiary/aromatic N) is 2. The second-order valence-corrected chi connectivity index (χ2v) is 3.80. The van der Waals surface area contributed by atoms with Gasteiger partial charge >= 0.3 is 5.97 Å². The number of aromatic amines is 1. The molecule has 0 aliphatic carbocycles. The summed E-state index contributed by atoms with van der Waals surface area (Å²) in [6.07, 6.45) is 0.116. The van der Waals surface area contributed by atoms with Gasteiger partial charge in [-0.1, -0.05) is 12.1 Å². The zero-order valence-electron chi connectivity index (χ0n) is 9.68. The molecular formula is C12H15N3O2.